The highest BCUT2D eigenvalue weighted by Crippen LogP contribution is 2.38. The minimum absolute atomic E-state index is 0.0547. The van der Waals surface area contributed by atoms with Gasteiger partial charge in [-0.1, -0.05) is 0 Å². The Morgan fingerprint density at radius 3 is 2.58 bits per heavy atom. The largest absolute Gasteiger partial charge is 0.506 e. The van der Waals surface area contributed by atoms with E-state index in [1.54, 1.807) is 11.5 Å². The van der Waals surface area contributed by atoms with Gasteiger partial charge in [-0.15, -0.1) is 0 Å². The maximum Gasteiger partial charge on any atom is 0.469 e. The summed E-state index contributed by atoms with van der Waals surface area (Å²) in [5, 5.41) is 13.1. The molecule has 0 bridgehead atoms. The molecule has 0 fully saturated rings. The van der Waals surface area contributed by atoms with Gasteiger partial charge in [0.15, 0.2) is 11.5 Å². The van der Waals surface area contributed by atoms with Crippen molar-refractivity contribution in [2.24, 2.45) is 0 Å². The fourth-order valence-electron chi connectivity index (χ4n) is 4.27. The van der Waals surface area contributed by atoms with Crippen LogP contribution < -0.4 is 16.6 Å². The highest BCUT2D eigenvalue weighted by molar-refractivity contribution is 7.46. The van der Waals surface area contributed by atoms with Crippen molar-refractivity contribution in [2.75, 3.05) is 0 Å². The summed E-state index contributed by atoms with van der Waals surface area (Å²) in [5.41, 5.74) is 2.74. The summed E-state index contributed by atoms with van der Waals surface area (Å²) in [6.07, 6.45) is 2.43. The number of H-pyrrole nitrogens is 1. The van der Waals surface area contributed by atoms with Crippen LogP contribution in [0.2, 0.25) is 0 Å². The minimum Gasteiger partial charge on any atom is -0.506 e. The summed E-state index contributed by atoms with van der Waals surface area (Å²) >= 11 is 0. The predicted octanol–water partition coefficient (Wildman–Crippen LogP) is 1.71. The van der Waals surface area contributed by atoms with Gasteiger partial charge in [-0.25, -0.2) is 14.3 Å². The van der Waals surface area contributed by atoms with Crippen LogP contribution in [-0.2, 0) is 33.6 Å². The van der Waals surface area contributed by atoms with Crippen molar-refractivity contribution in [1.29, 1.82) is 0 Å². The van der Waals surface area contributed by atoms with E-state index in [2.05, 4.69) is 29.8 Å². The van der Waals surface area contributed by atoms with E-state index >= 15 is 0 Å². The average molecular weight is 573 g/mol. The molecule has 212 valence electrons. The van der Waals surface area contributed by atoms with Crippen LogP contribution in [0.4, 0.5) is 0 Å². The quantitative estimate of drug-likeness (QED) is 0.105. The number of hydrogen-bond donors (Lipinski definition) is 5. The molecule has 1 aromatic heterocycles. The number of amides is 1. The second-order valence-electron chi connectivity index (χ2n) is 9.43. The topological polar surface area (TPSA) is 210 Å². The van der Waals surface area contributed by atoms with Gasteiger partial charge in [-0.2, -0.15) is 4.98 Å². The fraction of sp³-hybridized carbons (Fsp3) is 0.360. The van der Waals surface area contributed by atoms with E-state index in [9.17, 15) is 24.1 Å². The second-order valence-corrected chi connectivity index (χ2v) is 10.7. The smallest absolute Gasteiger partial charge is 0.469 e. The normalized spacial score (nSPS) is 11.8. The van der Waals surface area contributed by atoms with Crippen molar-refractivity contribution < 1.29 is 28.8 Å². The van der Waals surface area contributed by atoms with E-state index in [1.807, 2.05) is 26.0 Å². The van der Waals surface area contributed by atoms with Gasteiger partial charge < -0.3 is 24.8 Å². The number of carbonyl (C=O) groups is 1. The number of fused-ring (bicyclic) bond motifs is 2. The summed E-state index contributed by atoms with van der Waals surface area (Å²) in [5.74, 6) is -0.346. The van der Waals surface area contributed by atoms with E-state index < -0.39 is 25.7 Å². The Morgan fingerprint density at radius 1 is 1.12 bits per heavy atom. The highest BCUT2D eigenvalue weighted by atomic mass is 31.2. The Balaban J connectivity index is 1.45. The first-order valence-corrected chi connectivity index (χ1v) is 13.9. The molecule has 0 aliphatic carbocycles. The van der Waals surface area contributed by atoms with E-state index in [4.69, 9.17) is 9.79 Å². The number of hydrogen-bond acceptors (Lipinski definition) is 9. The van der Waals surface area contributed by atoms with Gasteiger partial charge in [-0.3, -0.25) is 24.1 Å². The summed E-state index contributed by atoms with van der Waals surface area (Å²) in [4.78, 5) is 69.4. The molecule has 14 nitrogen and oxygen atoms in total. The lowest BCUT2D eigenvalue weighted by molar-refractivity contribution is -0.121. The molecule has 15 heteroatoms. The van der Waals surface area contributed by atoms with Crippen molar-refractivity contribution in [3.8, 4) is 17.3 Å². The van der Waals surface area contributed by atoms with Crippen LogP contribution >= 0.6 is 7.82 Å². The Labute approximate surface area is 227 Å². The van der Waals surface area contributed by atoms with E-state index in [1.165, 1.54) is 6.20 Å². The zero-order valence-electron chi connectivity index (χ0n) is 22.1. The molecule has 3 heterocycles. The molecule has 2 aliphatic heterocycles. The molecule has 5 N–H and O–H groups in total. The molecule has 0 unspecified atom stereocenters. The highest BCUT2D eigenvalue weighted by Gasteiger charge is 2.20. The van der Waals surface area contributed by atoms with Gasteiger partial charge >= 0.3 is 13.5 Å². The number of unbranched alkanes of at least 4 members (excludes halogenated alkanes) is 1. The lowest BCUT2D eigenvalue weighted by Crippen LogP contribution is -2.29. The molecule has 0 spiro atoms. The molecule has 0 atom stereocenters. The summed E-state index contributed by atoms with van der Waals surface area (Å²) in [6.45, 7) is 5.22. The number of carbonyl (C=O) groups excluding carboxylic acids is 1. The molecule has 2 aromatic rings. The molecule has 1 aromatic carbocycles. The van der Waals surface area contributed by atoms with Crippen LogP contribution in [-0.4, -0.2) is 45.3 Å². The second kappa shape index (κ2) is 11.6. The summed E-state index contributed by atoms with van der Waals surface area (Å²) in [6, 6.07) is 3.79. The lowest BCUT2D eigenvalue weighted by Gasteiger charge is -2.18. The Bertz CT molecular complexity index is 1730. The van der Waals surface area contributed by atoms with E-state index in [-0.39, 0.29) is 53.0 Å². The number of phosphoric acid groups is 1. The number of aryl methyl sites for hydroxylation is 4. The zero-order chi connectivity index (χ0) is 29.2. The van der Waals surface area contributed by atoms with Gasteiger partial charge in [0.05, 0.1) is 23.3 Å². The number of aromatic amines is 1. The van der Waals surface area contributed by atoms with Crippen LogP contribution in [0, 0.1) is 20.8 Å². The first-order chi connectivity index (χ1) is 18.8. The standard InChI is InChI=1S/C25H29N6O8P/c1-13-8-18-19(9-14(13)2)31(23-21(28-18)24(34)30-25(35)29-23)7-5-4-6-20(32)27-11-17-16(12-39-40(36,37)38)10-26-15(3)22(17)33/h8-10,33H,4-7,11-12H2,1-3H3,(H,27,32)(H,30,34,35)(H2,36,37,38). The fourth-order valence-corrected chi connectivity index (χ4v) is 4.57. The number of pyridine rings is 1. The molecular weight excluding hydrogens is 543 g/mol. The minimum atomic E-state index is -4.75. The third-order valence-corrected chi connectivity index (χ3v) is 7.01. The molecule has 4 rings (SSSR count). The summed E-state index contributed by atoms with van der Waals surface area (Å²) in [7, 11) is -4.75. The van der Waals surface area contributed by atoms with Gasteiger partial charge in [0, 0.05) is 36.8 Å². The molecule has 1 amide bonds. The zero-order valence-corrected chi connectivity index (χ0v) is 23.0. The monoisotopic (exact) mass is 572 g/mol. The third-order valence-electron chi connectivity index (χ3n) is 6.54. The van der Waals surface area contributed by atoms with Crippen molar-refractivity contribution in [3.05, 3.63) is 67.1 Å². The molecule has 0 saturated heterocycles. The number of phosphoric ester groups is 1. The molecular formula is C25H29N6O8P. The van der Waals surface area contributed by atoms with Crippen LogP contribution in [0.25, 0.3) is 22.6 Å². The first-order valence-electron chi connectivity index (χ1n) is 12.4. The van der Waals surface area contributed by atoms with Gasteiger partial charge in [0.25, 0.3) is 5.56 Å². The number of benzene rings is 1. The molecule has 2 aliphatic rings. The predicted molar refractivity (Wildman–Crippen MR) is 144 cm³/mol. The van der Waals surface area contributed by atoms with Crippen LogP contribution in [0.15, 0.2) is 27.9 Å². The van der Waals surface area contributed by atoms with Gasteiger partial charge in [-0.05, 0) is 56.9 Å². The van der Waals surface area contributed by atoms with Crippen molar-refractivity contribution in [2.45, 2.75) is 59.7 Å². The Morgan fingerprint density at radius 2 is 1.85 bits per heavy atom. The Hall–Kier alpha value is -3.97. The molecule has 0 saturated carbocycles. The van der Waals surface area contributed by atoms with Crippen LogP contribution in [0.3, 0.4) is 0 Å². The maximum absolute atomic E-state index is 12.6. The number of nitrogens with one attached hydrogen (secondary N) is 2. The maximum atomic E-state index is 12.6. The van der Waals surface area contributed by atoms with Crippen LogP contribution in [0.5, 0.6) is 5.75 Å². The van der Waals surface area contributed by atoms with E-state index in [0.717, 1.165) is 11.1 Å². The van der Waals surface area contributed by atoms with E-state index in [0.29, 0.717) is 30.4 Å². The van der Waals surface area contributed by atoms with Gasteiger partial charge in [0.2, 0.25) is 5.91 Å². The third kappa shape index (κ3) is 6.59. The molecule has 40 heavy (non-hydrogen) atoms. The first kappa shape index (κ1) is 29.0. The summed E-state index contributed by atoms with van der Waals surface area (Å²) < 4.78 is 17.4. The van der Waals surface area contributed by atoms with Gasteiger partial charge in [0.1, 0.15) is 5.75 Å². The number of rotatable bonds is 10. The number of nitrogens with zero attached hydrogens (tertiary/aromatic N) is 4. The van der Waals surface area contributed by atoms with Crippen molar-refractivity contribution in [1.82, 2.24) is 29.8 Å². The van der Waals surface area contributed by atoms with Crippen molar-refractivity contribution in [3.63, 3.8) is 0 Å². The number of aromatic nitrogens is 5. The lowest BCUT2D eigenvalue weighted by atomic mass is 10.1. The van der Waals surface area contributed by atoms with Crippen LogP contribution in [0.1, 0.15) is 47.2 Å². The number of aromatic hydroxyl groups is 1. The SMILES string of the molecule is Cc1cc2nc3c(=O)[nH]c(=O)nc-3n(CCCCC(=O)NCc3c(COP(=O)(O)O)cnc(C)c3O)c2cc1C. The molecule has 0 radical (unpaired) electrons. The average Bonchev–Trinajstić information content (AvgIpc) is 2.87. The Kier molecular flexibility index (Phi) is 8.45. The van der Waals surface area contributed by atoms with Crippen molar-refractivity contribution >= 4 is 24.8 Å².